The van der Waals surface area contributed by atoms with Crippen molar-refractivity contribution in [2.24, 2.45) is 4.99 Å². The third-order valence-corrected chi connectivity index (χ3v) is 3.25. The summed E-state index contributed by atoms with van der Waals surface area (Å²) >= 11 is 0. The fourth-order valence-electron chi connectivity index (χ4n) is 2.10. The average Bonchev–Trinajstić information content (AvgIpc) is 2.56. The summed E-state index contributed by atoms with van der Waals surface area (Å²) in [5, 5.41) is 6.61. The quantitative estimate of drug-likeness (QED) is 0.385. The van der Waals surface area contributed by atoms with Gasteiger partial charge in [0.05, 0.1) is 13.2 Å². The Hall–Kier alpha value is -1.79. The van der Waals surface area contributed by atoms with E-state index in [2.05, 4.69) is 21.7 Å². The molecule has 1 rings (SSSR count). The topological polar surface area (TPSA) is 64.1 Å². The van der Waals surface area contributed by atoms with Gasteiger partial charge in [-0.2, -0.15) is 0 Å². The number of ether oxygens (including phenoxy) is 3. The van der Waals surface area contributed by atoms with Gasteiger partial charge in [-0.25, -0.2) is 0 Å². The molecule has 0 unspecified atom stereocenters. The van der Waals surface area contributed by atoms with E-state index in [1.54, 1.807) is 14.2 Å². The van der Waals surface area contributed by atoms with Crippen LogP contribution in [0.15, 0.2) is 29.3 Å². The summed E-state index contributed by atoms with van der Waals surface area (Å²) in [6.07, 6.45) is 0.911. The highest BCUT2D eigenvalue weighted by Gasteiger charge is 2.14. The van der Waals surface area contributed by atoms with E-state index >= 15 is 0 Å². The van der Waals surface area contributed by atoms with Crippen molar-refractivity contribution in [2.75, 3.05) is 40.5 Å². The molecule has 6 heteroatoms. The molecule has 0 atom stereocenters. The second kappa shape index (κ2) is 11.7. The molecule has 142 valence electrons. The third-order valence-electron chi connectivity index (χ3n) is 3.25. The van der Waals surface area contributed by atoms with Gasteiger partial charge in [0, 0.05) is 39.4 Å². The second-order valence-electron chi connectivity index (χ2n) is 6.63. The van der Waals surface area contributed by atoms with Gasteiger partial charge < -0.3 is 24.8 Å². The Morgan fingerprint density at radius 2 is 1.84 bits per heavy atom. The number of guanidine groups is 1. The van der Waals surface area contributed by atoms with Crippen LogP contribution in [0, 0.1) is 0 Å². The zero-order valence-corrected chi connectivity index (χ0v) is 16.2. The number of para-hydroxylation sites is 1. The maximum Gasteiger partial charge on any atom is 0.191 e. The molecule has 0 amide bonds. The first kappa shape index (κ1) is 21.3. The van der Waals surface area contributed by atoms with E-state index in [4.69, 9.17) is 14.2 Å². The van der Waals surface area contributed by atoms with Crippen LogP contribution in [0.5, 0.6) is 5.75 Å². The molecular weight excluding hydrogens is 318 g/mol. The Labute approximate surface area is 152 Å². The van der Waals surface area contributed by atoms with Crippen LogP contribution in [0.25, 0.3) is 0 Å². The molecule has 0 fully saturated rings. The van der Waals surface area contributed by atoms with Gasteiger partial charge in [-0.3, -0.25) is 4.99 Å². The molecule has 6 nitrogen and oxygen atoms in total. The zero-order valence-electron chi connectivity index (χ0n) is 16.2. The second-order valence-corrected chi connectivity index (χ2v) is 6.63. The third kappa shape index (κ3) is 9.94. The average molecular weight is 351 g/mol. The molecule has 25 heavy (non-hydrogen) atoms. The van der Waals surface area contributed by atoms with Crippen LogP contribution in [-0.4, -0.2) is 52.1 Å². The Kier molecular flexibility index (Phi) is 9.96. The number of nitrogens with zero attached hydrogens (tertiary/aromatic N) is 1. The minimum absolute atomic E-state index is 0.223. The number of rotatable bonds is 10. The highest BCUT2D eigenvalue weighted by Crippen LogP contribution is 2.22. The molecular formula is C19H33N3O3. The molecule has 0 saturated heterocycles. The maximum absolute atomic E-state index is 6.02. The summed E-state index contributed by atoms with van der Waals surface area (Å²) in [6.45, 7) is 9.56. The van der Waals surface area contributed by atoms with Gasteiger partial charge in [0.15, 0.2) is 5.96 Å². The van der Waals surface area contributed by atoms with Crippen molar-refractivity contribution in [2.45, 2.75) is 39.3 Å². The van der Waals surface area contributed by atoms with Crippen LogP contribution >= 0.6 is 0 Å². The summed E-state index contributed by atoms with van der Waals surface area (Å²) < 4.78 is 16.4. The minimum Gasteiger partial charge on any atom is -0.488 e. The molecule has 1 aromatic carbocycles. The SMILES string of the molecule is CN=C(NCCCOCCOC)NCc1ccccc1OC(C)(C)C. The van der Waals surface area contributed by atoms with Crippen LogP contribution in [0.2, 0.25) is 0 Å². The molecule has 0 aliphatic heterocycles. The maximum atomic E-state index is 6.02. The molecule has 1 aromatic rings. The fraction of sp³-hybridized carbons (Fsp3) is 0.632. The standard InChI is InChI=1S/C19H33N3O3/c1-19(2,3)25-17-10-7-6-9-16(17)15-22-18(20-4)21-11-8-12-24-14-13-23-5/h6-7,9-10H,8,11-15H2,1-5H3,(H2,20,21,22). The van der Waals surface area contributed by atoms with Crippen LogP contribution in [-0.2, 0) is 16.0 Å². The number of hydrogen-bond donors (Lipinski definition) is 2. The van der Waals surface area contributed by atoms with E-state index in [9.17, 15) is 0 Å². The van der Waals surface area contributed by atoms with Crippen molar-refractivity contribution < 1.29 is 14.2 Å². The first-order valence-corrected chi connectivity index (χ1v) is 8.74. The van der Waals surface area contributed by atoms with Crippen molar-refractivity contribution >= 4 is 5.96 Å². The molecule has 0 aliphatic rings. The molecule has 2 N–H and O–H groups in total. The fourth-order valence-corrected chi connectivity index (χ4v) is 2.10. The van der Waals surface area contributed by atoms with Gasteiger partial charge in [-0.05, 0) is 33.3 Å². The molecule has 0 saturated carbocycles. The number of hydrogen-bond acceptors (Lipinski definition) is 4. The van der Waals surface area contributed by atoms with E-state index < -0.39 is 0 Å². The van der Waals surface area contributed by atoms with E-state index in [-0.39, 0.29) is 5.60 Å². The van der Waals surface area contributed by atoms with Gasteiger partial charge >= 0.3 is 0 Å². The van der Waals surface area contributed by atoms with Crippen LogP contribution in [0.3, 0.4) is 0 Å². The Morgan fingerprint density at radius 3 is 2.52 bits per heavy atom. The lowest BCUT2D eigenvalue weighted by Crippen LogP contribution is -2.37. The lowest BCUT2D eigenvalue weighted by molar-refractivity contribution is 0.0698. The summed E-state index contributed by atoms with van der Waals surface area (Å²) in [4.78, 5) is 4.25. The van der Waals surface area contributed by atoms with Crippen molar-refractivity contribution in [3.63, 3.8) is 0 Å². The van der Waals surface area contributed by atoms with Crippen molar-refractivity contribution in [3.05, 3.63) is 29.8 Å². The number of methoxy groups -OCH3 is 1. The van der Waals surface area contributed by atoms with Gasteiger partial charge in [-0.15, -0.1) is 0 Å². The van der Waals surface area contributed by atoms with Crippen LogP contribution < -0.4 is 15.4 Å². The van der Waals surface area contributed by atoms with Crippen LogP contribution in [0.1, 0.15) is 32.8 Å². The predicted octanol–water partition coefficient (Wildman–Crippen LogP) is 2.58. The normalized spacial score (nSPS) is 12.1. The summed E-state index contributed by atoms with van der Waals surface area (Å²) in [7, 11) is 3.44. The van der Waals surface area contributed by atoms with Gasteiger partial charge in [0.1, 0.15) is 11.4 Å². The first-order chi connectivity index (χ1) is 12.0. The zero-order chi connectivity index (χ0) is 18.5. The largest absolute Gasteiger partial charge is 0.488 e. The molecule has 0 bridgehead atoms. The van der Waals surface area contributed by atoms with Gasteiger partial charge in [0.2, 0.25) is 0 Å². The van der Waals surface area contributed by atoms with Crippen molar-refractivity contribution in [1.29, 1.82) is 0 Å². The molecule has 0 heterocycles. The number of benzene rings is 1. The highest BCUT2D eigenvalue weighted by atomic mass is 16.5. The van der Waals surface area contributed by atoms with E-state index in [0.717, 1.165) is 30.2 Å². The van der Waals surface area contributed by atoms with E-state index in [1.807, 2.05) is 39.0 Å². The lowest BCUT2D eigenvalue weighted by Gasteiger charge is -2.23. The molecule has 0 spiro atoms. The smallest absolute Gasteiger partial charge is 0.191 e. The number of nitrogens with one attached hydrogen (secondary N) is 2. The molecule has 0 aromatic heterocycles. The highest BCUT2D eigenvalue weighted by molar-refractivity contribution is 5.79. The summed E-state index contributed by atoms with van der Waals surface area (Å²) in [5.41, 5.74) is 0.877. The summed E-state index contributed by atoms with van der Waals surface area (Å²) in [5.74, 6) is 1.66. The van der Waals surface area contributed by atoms with E-state index in [1.165, 1.54) is 0 Å². The van der Waals surface area contributed by atoms with Crippen molar-refractivity contribution in [1.82, 2.24) is 10.6 Å². The van der Waals surface area contributed by atoms with Crippen molar-refractivity contribution in [3.8, 4) is 5.75 Å². The van der Waals surface area contributed by atoms with Crippen LogP contribution in [0.4, 0.5) is 0 Å². The summed E-state index contributed by atoms with van der Waals surface area (Å²) in [6, 6.07) is 8.06. The lowest BCUT2D eigenvalue weighted by atomic mass is 10.1. The Morgan fingerprint density at radius 1 is 1.08 bits per heavy atom. The minimum atomic E-state index is -0.223. The molecule has 0 radical (unpaired) electrons. The number of aliphatic imine (C=N–C) groups is 1. The molecule has 0 aliphatic carbocycles. The van der Waals surface area contributed by atoms with Gasteiger partial charge in [0.25, 0.3) is 0 Å². The predicted molar refractivity (Wildman–Crippen MR) is 102 cm³/mol. The van der Waals surface area contributed by atoms with E-state index in [0.29, 0.717) is 26.4 Å². The monoisotopic (exact) mass is 351 g/mol. The van der Waals surface area contributed by atoms with Gasteiger partial charge in [-0.1, -0.05) is 18.2 Å². The Bertz CT molecular complexity index is 513. The first-order valence-electron chi connectivity index (χ1n) is 8.74. The Balaban J connectivity index is 2.38.